The molecule has 3 heterocycles. The second-order valence-corrected chi connectivity index (χ2v) is 8.76. The van der Waals surface area contributed by atoms with Gasteiger partial charge < -0.3 is 10.0 Å². The molecule has 3 aromatic rings. The summed E-state index contributed by atoms with van der Waals surface area (Å²) in [4.78, 5) is 15.1. The molecule has 0 bridgehead atoms. The number of hydrogen-bond donors (Lipinski definition) is 1. The van der Waals surface area contributed by atoms with Crippen LogP contribution in [0.25, 0.3) is 16.9 Å². The smallest absolute Gasteiger partial charge is 0.391 e. The molecule has 1 aromatic carbocycles. The molecule has 31 heavy (non-hydrogen) atoms. The van der Waals surface area contributed by atoms with E-state index in [0.717, 1.165) is 28.3 Å². The van der Waals surface area contributed by atoms with Gasteiger partial charge in [-0.15, -0.1) is 0 Å². The van der Waals surface area contributed by atoms with E-state index >= 15 is 0 Å². The summed E-state index contributed by atoms with van der Waals surface area (Å²) in [6, 6.07) is 5.63. The van der Waals surface area contributed by atoms with E-state index in [0.29, 0.717) is 49.3 Å². The van der Waals surface area contributed by atoms with Crippen molar-refractivity contribution < 1.29 is 18.3 Å². The van der Waals surface area contributed by atoms with Crippen molar-refractivity contribution in [2.75, 3.05) is 18.0 Å². The average molecular weight is 447 g/mol. The molecule has 5 nitrogen and oxygen atoms in total. The molecular weight excluding hydrogens is 427 g/mol. The van der Waals surface area contributed by atoms with Crippen LogP contribution in [0.2, 0.25) is 0 Å². The average Bonchev–Trinajstić information content (AvgIpc) is 3.49. The highest BCUT2D eigenvalue weighted by molar-refractivity contribution is 7.08. The van der Waals surface area contributed by atoms with Crippen molar-refractivity contribution in [3.8, 4) is 16.9 Å². The van der Waals surface area contributed by atoms with Crippen LogP contribution in [-0.4, -0.2) is 34.1 Å². The van der Waals surface area contributed by atoms with Crippen molar-refractivity contribution >= 4 is 17.0 Å². The fourth-order valence-corrected chi connectivity index (χ4v) is 5.12. The topological polar surface area (TPSA) is 58.4 Å². The van der Waals surface area contributed by atoms with Crippen LogP contribution in [0.15, 0.2) is 39.8 Å². The second kappa shape index (κ2) is 7.49. The molecule has 162 valence electrons. The Kier molecular flexibility index (Phi) is 4.90. The van der Waals surface area contributed by atoms with Crippen LogP contribution in [0.1, 0.15) is 29.5 Å². The first-order chi connectivity index (χ1) is 14.8. The van der Waals surface area contributed by atoms with Gasteiger partial charge in [-0.25, -0.2) is 0 Å². The van der Waals surface area contributed by atoms with Crippen molar-refractivity contribution in [3.05, 3.63) is 62.1 Å². The number of hydrogen-bond acceptors (Lipinski definition) is 5. The summed E-state index contributed by atoms with van der Waals surface area (Å²) in [7, 11) is 0. The van der Waals surface area contributed by atoms with Crippen molar-refractivity contribution in [2.45, 2.75) is 38.0 Å². The van der Waals surface area contributed by atoms with Crippen LogP contribution < -0.4 is 10.5 Å². The van der Waals surface area contributed by atoms with Gasteiger partial charge in [0, 0.05) is 35.3 Å². The van der Waals surface area contributed by atoms with Crippen LogP contribution in [0.4, 0.5) is 18.9 Å². The predicted molar refractivity (Wildman–Crippen MR) is 113 cm³/mol. The number of fused-ring (bicyclic) bond motifs is 1. The first-order valence-corrected chi connectivity index (χ1v) is 11.1. The molecule has 0 radical (unpaired) electrons. The Morgan fingerprint density at radius 2 is 1.97 bits per heavy atom. The molecule has 0 saturated carbocycles. The summed E-state index contributed by atoms with van der Waals surface area (Å²) in [6.45, 7) is 0.885. The van der Waals surface area contributed by atoms with E-state index in [1.165, 1.54) is 23.5 Å². The lowest BCUT2D eigenvalue weighted by atomic mass is 10.1. The number of halogens is 3. The lowest BCUT2D eigenvalue weighted by molar-refractivity contribution is -0.137. The van der Waals surface area contributed by atoms with Gasteiger partial charge in [0.15, 0.2) is 0 Å². The van der Waals surface area contributed by atoms with Crippen LogP contribution in [0.5, 0.6) is 0 Å². The molecule has 1 aliphatic carbocycles. The van der Waals surface area contributed by atoms with Gasteiger partial charge in [-0.1, -0.05) is 0 Å². The molecule has 0 spiro atoms. The van der Waals surface area contributed by atoms with E-state index in [1.807, 2.05) is 21.7 Å². The van der Waals surface area contributed by atoms with Gasteiger partial charge in [-0.05, 0) is 60.9 Å². The third-order valence-corrected chi connectivity index (χ3v) is 6.68. The SMILES string of the molecule is O=c1c2c(c(-c3ccsc3)nn1-c1cc(N3CCC(O)C3)ccc1C(F)(F)F)CCC2. The monoisotopic (exact) mass is 447 g/mol. The molecule has 1 atom stereocenters. The molecule has 1 N–H and O–H groups in total. The number of anilines is 1. The Hall–Kier alpha value is -2.65. The molecule has 1 unspecified atom stereocenters. The van der Waals surface area contributed by atoms with E-state index in [4.69, 9.17) is 0 Å². The first kappa shape index (κ1) is 20.3. The lowest BCUT2D eigenvalue weighted by Gasteiger charge is -2.22. The summed E-state index contributed by atoms with van der Waals surface area (Å²) in [5, 5.41) is 18.1. The molecule has 9 heteroatoms. The van der Waals surface area contributed by atoms with Gasteiger partial charge in [0.1, 0.15) is 0 Å². The second-order valence-electron chi connectivity index (χ2n) is 7.98. The Bertz CT molecular complexity index is 1190. The fourth-order valence-electron chi connectivity index (χ4n) is 4.48. The minimum atomic E-state index is -4.64. The fraction of sp³-hybridized carbons (Fsp3) is 0.364. The number of β-amino-alcohol motifs (C(OH)–C–C–N with tert-alkyl or cyclic N) is 1. The Labute approximate surface area is 180 Å². The highest BCUT2D eigenvalue weighted by Gasteiger charge is 2.36. The van der Waals surface area contributed by atoms with Crippen molar-refractivity contribution in [1.82, 2.24) is 9.78 Å². The van der Waals surface area contributed by atoms with Crippen LogP contribution >= 0.6 is 11.3 Å². The van der Waals surface area contributed by atoms with Crippen molar-refractivity contribution in [2.24, 2.45) is 0 Å². The number of thiophene rings is 1. The normalized spacial score (nSPS) is 18.6. The maximum absolute atomic E-state index is 13.9. The molecule has 1 aliphatic heterocycles. The maximum Gasteiger partial charge on any atom is 0.418 e. The number of alkyl halides is 3. The highest BCUT2D eigenvalue weighted by Crippen LogP contribution is 2.37. The number of aliphatic hydroxyl groups is 1. The third-order valence-electron chi connectivity index (χ3n) is 5.99. The van der Waals surface area contributed by atoms with E-state index in [-0.39, 0.29) is 5.69 Å². The van der Waals surface area contributed by atoms with E-state index in [2.05, 4.69) is 5.10 Å². The summed E-state index contributed by atoms with van der Waals surface area (Å²) >= 11 is 1.47. The van der Waals surface area contributed by atoms with Gasteiger partial charge in [0.2, 0.25) is 0 Å². The van der Waals surface area contributed by atoms with Gasteiger partial charge in [-0.3, -0.25) is 4.79 Å². The zero-order valence-corrected chi connectivity index (χ0v) is 17.3. The summed E-state index contributed by atoms with van der Waals surface area (Å²) in [5.41, 5.74) is 1.63. The molecular formula is C22H20F3N3O2S. The van der Waals surface area contributed by atoms with Gasteiger partial charge in [0.25, 0.3) is 5.56 Å². The number of aromatic nitrogens is 2. The molecule has 0 amide bonds. The van der Waals surface area contributed by atoms with Crippen molar-refractivity contribution in [1.29, 1.82) is 0 Å². The number of aliphatic hydroxyl groups excluding tert-OH is 1. The van der Waals surface area contributed by atoms with Crippen LogP contribution in [0, 0.1) is 0 Å². The minimum absolute atomic E-state index is 0.275. The predicted octanol–water partition coefficient (Wildman–Crippen LogP) is 4.04. The lowest BCUT2D eigenvalue weighted by Crippen LogP contribution is -2.29. The molecule has 2 aromatic heterocycles. The van der Waals surface area contributed by atoms with Gasteiger partial charge in [-0.2, -0.15) is 34.3 Å². The molecule has 1 fully saturated rings. The van der Waals surface area contributed by atoms with Crippen LogP contribution in [-0.2, 0) is 19.0 Å². The van der Waals surface area contributed by atoms with E-state index < -0.39 is 23.4 Å². The molecule has 2 aliphatic rings. The third kappa shape index (κ3) is 3.55. The van der Waals surface area contributed by atoms with Crippen molar-refractivity contribution in [3.63, 3.8) is 0 Å². The number of rotatable bonds is 3. The van der Waals surface area contributed by atoms with E-state index in [9.17, 15) is 23.1 Å². The zero-order chi connectivity index (χ0) is 21.8. The minimum Gasteiger partial charge on any atom is -0.391 e. The summed E-state index contributed by atoms with van der Waals surface area (Å²) < 4.78 is 42.6. The first-order valence-electron chi connectivity index (χ1n) is 10.1. The van der Waals surface area contributed by atoms with Crippen LogP contribution in [0.3, 0.4) is 0 Å². The molecule has 1 saturated heterocycles. The Balaban J connectivity index is 1.74. The largest absolute Gasteiger partial charge is 0.418 e. The van der Waals surface area contributed by atoms with E-state index in [1.54, 1.807) is 0 Å². The Morgan fingerprint density at radius 1 is 1.16 bits per heavy atom. The molecule has 5 rings (SSSR count). The highest BCUT2D eigenvalue weighted by atomic mass is 32.1. The van der Waals surface area contributed by atoms with Gasteiger partial charge in [0.05, 0.1) is 23.0 Å². The maximum atomic E-state index is 13.9. The zero-order valence-electron chi connectivity index (χ0n) is 16.5. The number of nitrogens with zero attached hydrogens (tertiary/aromatic N) is 3. The summed E-state index contributed by atoms with van der Waals surface area (Å²) in [5.74, 6) is 0. The quantitative estimate of drug-likeness (QED) is 0.659. The summed E-state index contributed by atoms with van der Waals surface area (Å²) in [6.07, 6.45) is -2.59. The number of benzene rings is 1. The Morgan fingerprint density at radius 3 is 2.65 bits per heavy atom. The van der Waals surface area contributed by atoms with Gasteiger partial charge >= 0.3 is 6.18 Å². The standard InChI is InChI=1S/C22H20F3N3O2S/c23-22(24,25)18-5-4-14(27-8-6-15(29)11-27)10-19(18)28-21(30)17-3-1-2-16(17)20(26-28)13-7-9-31-12-13/h4-5,7,9-10,12,15,29H,1-3,6,8,11H2.